The van der Waals surface area contributed by atoms with Gasteiger partial charge in [-0.2, -0.15) is 0 Å². The second kappa shape index (κ2) is 5.17. The minimum absolute atomic E-state index is 0.109. The largest absolute Gasteiger partial charge is 0.338 e. The predicted molar refractivity (Wildman–Crippen MR) is 77.3 cm³/mol. The summed E-state index contributed by atoms with van der Waals surface area (Å²) >= 11 is 3.33. The number of benzene rings is 1. The van der Waals surface area contributed by atoms with Gasteiger partial charge in [0.15, 0.2) is 0 Å². The first-order chi connectivity index (χ1) is 8.86. The van der Waals surface area contributed by atoms with Gasteiger partial charge >= 0.3 is 0 Å². The zero-order chi connectivity index (χ0) is 14.0. The van der Waals surface area contributed by atoms with Crippen molar-refractivity contribution in [2.75, 3.05) is 5.32 Å². The standard InChI is InChI=1S/C14H15BrN2O2/c1-14(2,3)11-8-12(19-17-11)16-13(18)9-5-4-6-10(15)7-9/h4-8H,1-3H3,(H,16,18). The first-order valence-corrected chi connectivity index (χ1v) is 6.70. The Kier molecular flexibility index (Phi) is 3.75. The summed E-state index contributed by atoms with van der Waals surface area (Å²) in [4.78, 5) is 12.0. The van der Waals surface area contributed by atoms with E-state index < -0.39 is 0 Å². The third kappa shape index (κ3) is 3.44. The fourth-order valence-electron chi connectivity index (χ4n) is 1.50. The van der Waals surface area contributed by atoms with Crippen LogP contribution in [0.25, 0.3) is 0 Å². The molecule has 2 rings (SSSR count). The lowest BCUT2D eigenvalue weighted by molar-refractivity contribution is 0.102. The fourth-order valence-corrected chi connectivity index (χ4v) is 1.90. The molecule has 0 fully saturated rings. The number of rotatable bonds is 2. The molecule has 1 aromatic heterocycles. The highest BCUT2D eigenvalue weighted by Gasteiger charge is 2.19. The number of nitrogens with zero attached hydrogens (tertiary/aromatic N) is 1. The highest BCUT2D eigenvalue weighted by Crippen LogP contribution is 2.24. The molecule has 0 aliphatic rings. The molecule has 4 nitrogen and oxygen atoms in total. The van der Waals surface area contributed by atoms with Crippen molar-refractivity contribution in [1.82, 2.24) is 5.16 Å². The number of carbonyl (C=O) groups is 1. The van der Waals surface area contributed by atoms with Gasteiger partial charge < -0.3 is 4.52 Å². The molecule has 1 heterocycles. The average molecular weight is 323 g/mol. The first kappa shape index (κ1) is 13.8. The molecule has 1 N–H and O–H groups in total. The Balaban J connectivity index is 2.13. The van der Waals surface area contributed by atoms with Gasteiger partial charge in [0.2, 0.25) is 5.88 Å². The van der Waals surface area contributed by atoms with Gasteiger partial charge in [0, 0.05) is 21.5 Å². The number of hydrogen-bond donors (Lipinski definition) is 1. The number of nitrogens with one attached hydrogen (secondary N) is 1. The van der Waals surface area contributed by atoms with Crippen LogP contribution in [0.2, 0.25) is 0 Å². The van der Waals surface area contributed by atoms with Gasteiger partial charge in [0.25, 0.3) is 5.91 Å². The van der Waals surface area contributed by atoms with Crippen molar-refractivity contribution in [2.45, 2.75) is 26.2 Å². The van der Waals surface area contributed by atoms with E-state index in [-0.39, 0.29) is 11.3 Å². The van der Waals surface area contributed by atoms with E-state index >= 15 is 0 Å². The van der Waals surface area contributed by atoms with Crippen molar-refractivity contribution < 1.29 is 9.32 Å². The highest BCUT2D eigenvalue weighted by atomic mass is 79.9. The van der Waals surface area contributed by atoms with Crippen LogP contribution in [0, 0.1) is 0 Å². The first-order valence-electron chi connectivity index (χ1n) is 5.90. The monoisotopic (exact) mass is 322 g/mol. The quantitative estimate of drug-likeness (QED) is 0.909. The summed E-state index contributed by atoms with van der Waals surface area (Å²) in [6, 6.07) is 8.90. The Morgan fingerprint density at radius 2 is 2.05 bits per heavy atom. The van der Waals surface area contributed by atoms with Crippen LogP contribution in [-0.2, 0) is 5.41 Å². The summed E-state index contributed by atoms with van der Waals surface area (Å²) in [7, 11) is 0. The van der Waals surface area contributed by atoms with Gasteiger partial charge in [-0.25, -0.2) is 0 Å². The second-order valence-corrected chi connectivity index (χ2v) is 6.21. The van der Waals surface area contributed by atoms with Crippen LogP contribution in [0.4, 0.5) is 5.88 Å². The third-order valence-electron chi connectivity index (χ3n) is 2.60. The van der Waals surface area contributed by atoms with Crippen molar-refractivity contribution in [2.24, 2.45) is 0 Å². The molecule has 0 aliphatic heterocycles. The van der Waals surface area contributed by atoms with Gasteiger partial charge in [-0.1, -0.05) is 47.9 Å². The van der Waals surface area contributed by atoms with Crippen molar-refractivity contribution in [3.05, 3.63) is 46.1 Å². The van der Waals surface area contributed by atoms with E-state index in [1.54, 1.807) is 24.3 Å². The molecule has 0 atom stereocenters. The van der Waals surface area contributed by atoms with Gasteiger partial charge in [-0.3, -0.25) is 10.1 Å². The van der Waals surface area contributed by atoms with Crippen molar-refractivity contribution in [3.8, 4) is 0 Å². The highest BCUT2D eigenvalue weighted by molar-refractivity contribution is 9.10. The molecule has 19 heavy (non-hydrogen) atoms. The van der Waals surface area contributed by atoms with Crippen LogP contribution in [0.15, 0.2) is 39.3 Å². The molecule has 5 heteroatoms. The maximum atomic E-state index is 12.0. The molecule has 0 saturated heterocycles. The van der Waals surface area contributed by atoms with Crippen LogP contribution in [0.5, 0.6) is 0 Å². The lowest BCUT2D eigenvalue weighted by Gasteiger charge is -2.12. The Bertz CT molecular complexity index is 599. The average Bonchev–Trinajstić information content (AvgIpc) is 2.77. The summed E-state index contributed by atoms with van der Waals surface area (Å²) in [5.74, 6) is 0.132. The van der Waals surface area contributed by atoms with E-state index in [1.165, 1.54) is 0 Å². The number of halogens is 1. The van der Waals surface area contributed by atoms with Crippen LogP contribution in [0.3, 0.4) is 0 Å². The number of hydrogen-bond acceptors (Lipinski definition) is 3. The fraction of sp³-hybridized carbons (Fsp3) is 0.286. The van der Waals surface area contributed by atoms with E-state index in [9.17, 15) is 4.79 Å². The van der Waals surface area contributed by atoms with E-state index in [1.807, 2.05) is 26.8 Å². The number of anilines is 1. The molecule has 0 aliphatic carbocycles. The maximum absolute atomic E-state index is 12.0. The van der Waals surface area contributed by atoms with Gasteiger partial charge in [-0.15, -0.1) is 0 Å². The minimum Gasteiger partial charge on any atom is -0.338 e. The molecule has 1 amide bonds. The molecular formula is C14H15BrN2O2. The number of carbonyl (C=O) groups excluding carboxylic acids is 1. The molecular weight excluding hydrogens is 308 g/mol. The summed E-state index contributed by atoms with van der Waals surface area (Å²) < 4.78 is 5.97. The molecule has 100 valence electrons. The normalized spacial score (nSPS) is 11.4. The van der Waals surface area contributed by atoms with Crippen molar-refractivity contribution in [3.63, 3.8) is 0 Å². The predicted octanol–water partition coefficient (Wildman–Crippen LogP) is 3.99. The topological polar surface area (TPSA) is 55.1 Å². The van der Waals surface area contributed by atoms with Crippen LogP contribution in [-0.4, -0.2) is 11.1 Å². The van der Waals surface area contributed by atoms with E-state index in [0.717, 1.165) is 10.2 Å². The minimum atomic E-state index is -0.224. The zero-order valence-corrected chi connectivity index (χ0v) is 12.6. The van der Waals surface area contributed by atoms with Crippen molar-refractivity contribution in [1.29, 1.82) is 0 Å². The molecule has 0 unspecified atom stereocenters. The zero-order valence-electron chi connectivity index (χ0n) is 11.0. The SMILES string of the molecule is CC(C)(C)c1cc(NC(=O)c2cccc(Br)c2)on1. The Morgan fingerprint density at radius 3 is 2.63 bits per heavy atom. The lowest BCUT2D eigenvalue weighted by Crippen LogP contribution is -2.12. The molecule has 1 aromatic carbocycles. The Labute approximate surface area is 120 Å². The van der Waals surface area contributed by atoms with Crippen LogP contribution in [0.1, 0.15) is 36.8 Å². The van der Waals surface area contributed by atoms with Gasteiger partial charge in [-0.05, 0) is 18.2 Å². The van der Waals surface area contributed by atoms with Gasteiger partial charge in [0.05, 0.1) is 5.69 Å². The molecule has 0 bridgehead atoms. The smallest absolute Gasteiger partial charge is 0.258 e. The number of amides is 1. The van der Waals surface area contributed by atoms with Crippen LogP contribution < -0.4 is 5.32 Å². The van der Waals surface area contributed by atoms with E-state index in [0.29, 0.717) is 11.4 Å². The Morgan fingerprint density at radius 1 is 1.32 bits per heavy atom. The molecule has 0 spiro atoms. The summed E-state index contributed by atoms with van der Waals surface area (Å²) in [5, 5.41) is 6.64. The molecule has 2 aromatic rings. The lowest BCUT2D eigenvalue weighted by atomic mass is 9.92. The van der Waals surface area contributed by atoms with Crippen molar-refractivity contribution >= 4 is 27.7 Å². The van der Waals surface area contributed by atoms with Gasteiger partial charge in [0.1, 0.15) is 0 Å². The third-order valence-corrected chi connectivity index (χ3v) is 3.10. The summed E-state index contributed by atoms with van der Waals surface area (Å²) in [5.41, 5.74) is 1.25. The second-order valence-electron chi connectivity index (χ2n) is 5.29. The maximum Gasteiger partial charge on any atom is 0.258 e. The number of aromatic nitrogens is 1. The summed E-state index contributed by atoms with van der Waals surface area (Å²) in [6.45, 7) is 6.10. The molecule has 0 saturated carbocycles. The van der Waals surface area contributed by atoms with E-state index in [2.05, 4.69) is 26.4 Å². The Hall–Kier alpha value is -1.62. The molecule has 0 radical (unpaired) electrons. The van der Waals surface area contributed by atoms with E-state index in [4.69, 9.17) is 4.52 Å². The summed E-state index contributed by atoms with van der Waals surface area (Å²) in [6.07, 6.45) is 0. The van der Waals surface area contributed by atoms with Crippen LogP contribution >= 0.6 is 15.9 Å².